The molecular weight excluding hydrogens is 236 g/mol. The summed E-state index contributed by atoms with van der Waals surface area (Å²) in [5.74, 6) is 0. The van der Waals surface area contributed by atoms with Crippen LogP contribution < -0.4 is 5.73 Å². The molecular formula is C8H19ClN4O3. The fraction of sp³-hybridized carbons (Fsp3) is 1.00. The summed E-state index contributed by atoms with van der Waals surface area (Å²) < 4.78 is 15.4. The molecule has 0 atom stereocenters. The highest BCUT2D eigenvalue weighted by Crippen LogP contribution is 1.81. The van der Waals surface area contributed by atoms with Gasteiger partial charge in [0.25, 0.3) is 0 Å². The Bertz CT molecular complexity index is 179. The summed E-state index contributed by atoms with van der Waals surface area (Å²) in [4.78, 5) is 2.60. The van der Waals surface area contributed by atoms with Gasteiger partial charge in [0.1, 0.15) is 0 Å². The van der Waals surface area contributed by atoms with E-state index in [-0.39, 0.29) is 12.4 Å². The van der Waals surface area contributed by atoms with Crippen LogP contribution in [0.15, 0.2) is 5.11 Å². The summed E-state index contributed by atoms with van der Waals surface area (Å²) in [6, 6.07) is 0. The summed E-state index contributed by atoms with van der Waals surface area (Å²) in [5.41, 5.74) is 13.2. The van der Waals surface area contributed by atoms with Gasteiger partial charge in [-0.25, -0.2) is 0 Å². The predicted molar refractivity (Wildman–Crippen MR) is 62.8 cm³/mol. The summed E-state index contributed by atoms with van der Waals surface area (Å²) in [6.07, 6.45) is 0. The van der Waals surface area contributed by atoms with E-state index >= 15 is 0 Å². The number of hydrogen-bond acceptors (Lipinski definition) is 5. The van der Waals surface area contributed by atoms with Crippen LogP contribution in [0.3, 0.4) is 0 Å². The van der Waals surface area contributed by atoms with Gasteiger partial charge in [0.2, 0.25) is 0 Å². The molecule has 0 heterocycles. The lowest BCUT2D eigenvalue weighted by Gasteiger charge is -2.05. The maximum Gasteiger partial charge on any atom is 0.0701 e. The third-order valence-electron chi connectivity index (χ3n) is 1.41. The van der Waals surface area contributed by atoms with Crippen molar-refractivity contribution in [2.24, 2.45) is 10.8 Å². The topological polar surface area (TPSA) is 102 Å². The van der Waals surface area contributed by atoms with E-state index in [1.165, 1.54) is 0 Å². The SMILES string of the molecule is Cl.[N-]=[N+]=NCCOCCOCCOCCN. The van der Waals surface area contributed by atoms with Gasteiger partial charge >= 0.3 is 0 Å². The van der Waals surface area contributed by atoms with E-state index in [0.717, 1.165) is 0 Å². The first kappa shape index (κ1) is 17.8. The monoisotopic (exact) mass is 254 g/mol. The predicted octanol–water partition coefficient (Wildman–Crippen LogP) is 0.727. The van der Waals surface area contributed by atoms with Gasteiger partial charge in [-0.2, -0.15) is 0 Å². The van der Waals surface area contributed by atoms with E-state index in [9.17, 15) is 0 Å². The molecule has 16 heavy (non-hydrogen) atoms. The van der Waals surface area contributed by atoms with Crippen molar-refractivity contribution in [2.75, 3.05) is 52.7 Å². The van der Waals surface area contributed by atoms with Crippen LogP contribution in [0.2, 0.25) is 0 Å². The molecule has 0 aromatic heterocycles. The molecule has 0 radical (unpaired) electrons. The average Bonchev–Trinajstić information content (AvgIpc) is 2.26. The van der Waals surface area contributed by atoms with Crippen molar-refractivity contribution >= 4 is 12.4 Å². The molecule has 0 aliphatic rings. The number of nitrogens with two attached hydrogens (primary N) is 1. The summed E-state index contributed by atoms with van der Waals surface area (Å²) in [6.45, 7) is 3.98. The van der Waals surface area contributed by atoms with Crippen molar-refractivity contribution in [1.29, 1.82) is 0 Å². The number of rotatable bonds is 11. The van der Waals surface area contributed by atoms with Crippen LogP contribution in [-0.4, -0.2) is 52.7 Å². The van der Waals surface area contributed by atoms with Crippen LogP contribution >= 0.6 is 12.4 Å². The van der Waals surface area contributed by atoms with Gasteiger partial charge in [-0.15, -0.1) is 12.4 Å². The highest BCUT2D eigenvalue weighted by atomic mass is 35.5. The van der Waals surface area contributed by atoms with Crippen molar-refractivity contribution in [3.8, 4) is 0 Å². The van der Waals surface area contributed by atoms with E-state index in [1.807, 2.05) is 0 Å². The van der Waals surface area contributed by atoms with Crippen LogP contribution in [-0.2, 0) is 14.2 Å². The Morgan fingerprint density at radius 2 is 1.44 bits per heavy atom. The smallest absolute Gasteiger partial charge is 0.0701 e. The minimum absolute atomic E-state index is 0. The van der Waals surface area contributed by atoms with E-state index in [4.69, 9.17) is 25.5 Å². The molecule has 8 heteroatoms. The Morgan fingerprint density at radius 3 is 1.94 bits per heavy atom. The quantitative estimate of drug-likeness (QED) is 0.254. The zero-order valence-corrected chi connectivity index (χ0v) is 10.0. The maximum absolute atomic E-state index is 7.97. The molecule has 2 N–H and O–H groups in total. The number of azide groups is 1. The second kappa shape index (κ2) is 16.9. The lowest BCUT2D eigenvalue weighted by atomic mass is 10.7. The van der Waals surface area contributed by atoms with Crippen LogP contribution in [0.1, 0.15) is 0 Å². The molecule has 0 saturated carbocycles. The molecule has 0 aliphatic carbocycles. The average molecular weight is 255 g/mol. The number of hydrogen-bond donors (Lipinski definition) is 1. The summed E-state index contributed by atoms with van der Waals surface area (Å²) >= 11 is 0. The highest BCUT2D eigenvalue weighted by Gasteiger charge is 1.90. The molecule has 0 aromatic carbocycles. The molecule has 0 aromatic rings. The van der Waals surface area contributed by atoms with E-state index < -0.39 is 0 Å². The van der Waals surface area contributed by atoms with Crippen LogP contribution in [0.4, 0.5) is 0 Å². The Kier molecular flexibility index (Phi) is 18.8. The van der Waals surface area contributed by atoms with Gasteiger partial charge in [-0.1, -0.05) is 5.11 Å². The number of ether oxygens (including phenoxy) is 3. The van der Waals surface area contributed by atoms with Crippen LogP contribution in [0, 0.1) is 0 Å². The molecule has 0 aliphatic heterocycles. The van der Waals surface area contributed by atoms with Gasteiger partial charge in [-0.3, -0.25) is 0 Å². The molecule has 0 fully saturated rings. The van der Waals surface area contributed by atoms with Crippen molar-refractivity contribution in [2.45, 2.75) is 0 Å². The largest absolute Gasteiger partial charge is 0.379 e. The Morgan fingerprint density at radius 1 is 0.938 bits per heavy atom. The Balaban J connectivity index is 0. The van der Waals surface area contributed by atoms with Crippen molar-refractivity contribution in [3.63, 3.8) is 0 Å². The third kappa shape index (κ3) is 15.9. The van der Waals surface area contributed by atoms with Crippen molar-refractivity contribution < 1.29 is 14.2 Å². The normalized spacial score (nSPS) is 9.31. The second-order valence-corrected chi connectivity index (χ2v) is 2.58. The fourth-order valence-electron chi connectivity index (χ4n) is 0.775. The zero-order valence-electron chi connectivity index (χ0n) is 9.21. The van der Waals surface area contributed by atoms with E-state index in [2.05, 4.69) is 10.0 Å². The van der Waals surface area contributed by atoms with Crippen LogP contribution in [0.5, 0.6) is 0 Å². The lowest BCUT2D eigenvalue weighted by molar-refractivity contribution is 0.0175. The molecule has 0 bridgehead atoms. The Labute approximate surface area is 101 Å². The highest BCUT2D eigenvalue weighted by molar-refractivity contribution is 5.85. The van der Waals surface area contributed by atoms with Gasteiger partial charge in [0.15, 0.2) is 0 Å². The molecule has 7 nitrogen and oxygen atoms in total. The third-order valence-corrected chi connectivity index (χ3v) is 1.41. The Hall–Kier alpha value is -0.560. The minimum atomic E-state index is 0. The van der Waals surface area contributed by atoms with Crippen LogP contribution in [0.25, 0.3) is 10.4 Å². The lowest BCUT2D eigenvalue weighted by Crippen LogP contribution is -2.13. The minimum Gasteiger partial charge on any atom is -0.379 e. The first-order valence-corrected chi connectivity index (χ1v) is 4.86. The van der Waals surface area contributed by atoms with Gasteiger partial charge < -0.3 is 19.9 Å². The van der Waals surface area contributed by atoms with Crippen molar-refractivity contribution in [1.82, 2.24) is 0 Å². The fourth-order valence-corrected chi connectivity index (χ4v) is 0.775. The maximum atomic E-state index is 7.97. The molecule has 96 valence electrons. The molecule has 0 saturated heterocycles. The standard InChI is InChI=1S/C8H18N4O3.ClH/c9-1-3-13-5-7-15-8-6-14-4-2-11-12-10;/h1-9H2;1H. The second-order valence-electron chi connectivity index (χ2n) is 2.58. The molecule has 0 rings (SSSR count). The van der Waals surface area contributed by atoms with Gasteiger partial charge in [-0.05, 0) is 5.53 Å². The van der Waals surface area contributed by atoms with E-state index in [0.29, 0.717) is 52.7 Å². The first-order valence-electron chi connectivity index (χ1n) is 4.86. The van der Waals surface area contributed by atoms with Crippen molar-refractivity contribution in [3.05, 3.63) is 10.4 Å². The molecule has 0 spiro atoms. The van der Waals surface area contributed by atoms with Gasteiger partial charge in [0.05, 0.1) is 39.6 Å². The summed E-state index contributed by atoms with van der Waals surface area (Å²) in [7, 11) is 0. The number of nitrogens with zero attached hydrogens (tertiary/aromatic N) is 3. The number of halogens is 1. The van der Waals surface area contributed by atoms with Gasteiger partial charge in [0, 0.05) is 18.0 Å². The molecule has 0 amide bonds. The first-order chi connectivity index (χ1) is 7.41. The van der Waals surface area contributed by atoms with E-state index in [1.54, 1.807) is 0 Å². The summed E-state index contributed by atoms with van der Waals surface area (Å²) in [5, 5.41) is 3.32. The molecule has 0 unspecified atom stereocenters. The zero-order chi connectivity index (χ0) is 11.2.